The highest BCUT2D eigenvalue weighted by Crippen LogP contribution is 2.17. The Hall–Kier alpha value is -1.55. The Morgan fingerprint density at radius 2 is 2.00 bits per heavy atom. The van der Waals surface area contributed by atoms with E-state index in [0.717, 1.165) is 12.0 Å². The molecule has 4 nitrogen and oxygen atoms in total. The molecule has 0 aliphatic rings. The van der Waals surface area contributed by atoms with Gasteiger partial charge in [0.2, 0.25) is 0 Å². The number of hydrogen-bond acceptors (Lipinski definition) is 3. The molecular weight excluding hydrogens is 278 g/mol. The van der Waals surface area contributed by atoms with E-state index < -0.39 is 5.97 Å². The Balaban J connectivity index is 2.93. The Morgan fingerprint density at radius 3 is 2.60 bits per heavy atom. The zero-order valence-corrected chi connectivity index (χ0v) is 12.9. The van der Waals surface area contributed by atoms with Gasteiger partial charge in [0.15, 0.2) is 0 Å². The maximum absolute atomic E-state index is 12.5. The molecule has 0 aliphatic heterocycles. The molecule has 0 atom stereocenters. The molecule has 0 fully saturated rings. The molecule has 1 rings (SSSR count). The second-order valence-corrected chi connectivity index (χ2v) is 4.93. The molecule has 0 bridgehead atoms. The van der Waals surface area contributed by atoms with Crippen molar-refractivity contribution >= 4 is 23.5 Å². The van der Waals surface area contributed by atoms with Crippen LogP contribution in [0.2, 0.25) is 5.02 Å². The number of hydrogen-bond donors (Lipinski definition) is 0. The third-order valence-corrected chi connectivity index (χ3v) is 3.07. The lowest BCUT2D eigenvalue weighted by molar-refractivity contribution is -0.143. The largest absolute Gasteiger partial charge is 0.465 e. The number of amides is 1. The second kappa shape index (κ2) is 7.90. The summed E-state index contributed by atoms with van der Waals surface area (Å²) in [5.41, 5.74) is 1.36. The van der Waals surface area contributed by atoms with Gasteiger partial charge in [0, 0.05) is 17.1 Å². The van der Waals surface area contributed by atoms with Gasteiger partial charge in [0.05, 0.1) is 6.61 Å². The predicted molar refractivity (Wildman–Crippen MR) is 79.0 cm³/mol. The molecule has 1 aromatic carbocycles. The van der Waals surface area contributed by atoms with Crippen LogP contribution in [0.1, 0.15) is 36.2 Å². The lowest BCUT2D eigenvalue weighted by Crippen LogP contribution is -2.37. The summed E-state index contributed by atoms with van der Waals surface area (Å²) < 4.78 is 4.90. The Labute approximate surface area is 124 Å². The fraction of sp³-hybridized carbons (Fsp3) is 0.467. The predicted octanol–water partition coefficient (Wildman–Crippen LogP) is 3.06. The average Bonchev–Trinajstić information content (AvgIpc) is 2.40. The lowest BCUT2D eigenvalue weighted by Gasteiger charge is -2.22. The summed E-state index contributed by atoms with van der Waals surface area (Å²) >= 11 is 5.94. The van der Waals surface area contributed by atoms with Gasteiger partial charge in [0.25, 0.3) is 5.91 Å². The van der Waals surface area contributed by atoms with Crippen molar-refractivity contribution < 1.29 is 14.3 Å². The van der Waals surface area contributed by atoms with Crippen molar-refractivity contribution in [3.63, 3.8) is 0 Å². The number of esters is 1. The monoisotopic (exact) mass is 297 g/mol. The van der Waals surface area contributed by atoms with Crippen molar-refractivity contribution in [3.05, 3.63) is 34.3 Å². The van der Waals surface area contributed by atoms with Crippen LogP contribution >= 0.6 is 11.6 Å². The first-order chi connectivity index (χ1) is 9.49. The summed E-state index contributed by atoms with van der Waals surface area (Å²) in [6.45, 7) is 6.32. The van der Waals surface area contributed by atoms with E-state index in [2.05, 4.69) is 0 Å². The first kappa shape index (κ1) is 16.5. The number of carbonyl (C=O) groups excluding carboxylic acids is 2. The second-order valence-electron chi connectivity index (χ2n) is 4.49. The van der Waals surface area contributed by atoms with Gasteiger partial charge in [-0.1, -0.05) is 24.6 Å². The standard InChI is InChI=1S/C15H20ClNO3/c1-4-8-17(10-14(18)20-5-2)15(19)13-9-12(16)7-6-11(13)3/h6-7,9H,4-5,8,10H2,1-3H3. The van der Waals surface area contributed by atoms with Crippen LogP contribution in [0.5, 0.6) is 0 Å². The van der Waals surface area contributed by atoms with Gasteiger partial charge in [-0.05, 0) is 38.0 Å². The minimum atomic E-state index is -0.394. The molecular formula is C15H20ClNO3. The van der Waals surface area contributed by atoms with Gasteiger partial charge in [0.1, 0.15) is 6.54 Å². The molecule has 0 spiro atoms. The summed E-state index contributed by atoms with van der Waals surface area (Å²) in [7, 11) is 0. The van der Waals surface area contributed by atoms with Gasteiger partial charge >= 0.3 is 5.97 Å². The fourth-order valence-electron chi connectivity index (χ4n) is 1.88. The molecule has 0 aliphatic carbocycles. The van der Waals surface area contributed by atoms with E-state index in [0.29, 0.717) is 23.7 Å². The molecule has 0 N–H and O–H groups in total. The molecule has 0 aromatic heterocycles. The number of halogens is 1. The number of carbonyl (C=O) groups is 2. The minimum Gasteiger partial charge on any atom is -0.465 e. The Kier molecular flexibility index (Phi) is 6.52. The fourth-order valence-corrected chi connectivity index (χ4v) is 2.05. The Bertz CT molecular complexity index is 488. The third kappa shape index (κ3) is 4.53. The van der Waals surface area contributed by atoms with Crippen molar-refractivity contribution in [3.8, 4) is 0 Å². The lowest BCUT2D eigenvalue weighted by atomic mass is 10.1. The van der Waals surface area contributed by atoms with Crippen LogP contribution < -0.4 is 0 Å². The molecule has 20 heavy (non-hydrogen) atoms. The Morgan fingerprint density at radius 1 is 1.30 bits per heavy atom. The highest BCUT2D eigenvalue weighted by molar-refractivity contribution is 6.31. The quantitative estimate of drug-likeness (QED) is 0.758. The molecule has 0 saturated carbocycles. The first-order valence-corrected chi connectivity index (χ1v) is 7.08. The number of benzene rings is 1. The van der Waals surface area contributed by atoms with E-state index in [1.165, 1.54) is 4.90 Å². The highest BCUT2D eigenvalue weighted by atomic mass is 35.5. The summed E-state index contributed by atoms with van der Waals surface area (Å²) in [6, 6.07) is 5.17. The van der Waals surface area contributed by atoms with E-state index >= 15 is 0 Å². The summed E-state index contributed by atoms with van der Waals surface area (Å²) in [4.78, 5) is 25.6. The van der Waals surface area contributed by atoms with Crippen LogP contribution in [-0.2, 0) is 9.53 Å². The van der Waals surface area contributed by atoms with Crippen LogP contribution in [0.25, 0.3) is 0 Å². The molecule has 0 radical (unpaired) electrons. The normalized spacial score (nSPS) is 10.2. The van der Waals surface area contributed by atoms with E-state index in [-0.39, 0.29) is 12.5 Å². The van der Waals surface area contributed by atoms with Crippen molar-refractivity contribution in [2.45, 2.75) is 27.2 Å². The SMILES string of the molecule is CCCN(CC(=O)OCC)C(=O)c1cc(Cl)ccc1C. The van der Waals surface area contributed by atoms with E-state index in [9.17, 15) is 9.59 Å². The smallest absolute Gasteiger partial charge is 0.325 e. The van der Waals surface area contributed by atoms with E-state index in [4.69, 9.17) is 16.3 Å². The van der Waals surface area contributed by atoms with Gasteiger partial charge in [-0.25, -0.2) is 0 Å². The number of aryl methyl sites for hydroxylation is 1. The highest BCUT2D eigenvalue weighted by Gasteiger charge is 2.20. The van der Waals surface area contributed by atoms with Gasteiger partial charge in [-0.3, -0.25) is 9.59 Å². The summed E-state index contributed by atoms with van der Waals surface area (Å²) in [6.07, 6.45) is 0.769. The molecule has 0 heterocycles. The van der Waals surface area contributed by atoms with Crippen LogP contribution in [0, 0.1) is 6.92 Å². The minimum absolute atomic E-state index is 0.0353. The number of nitrogens with zero attached hydrogens (tertiary/aromatic N) is 1. The summed E-state index contributed by atoms with van der Waals surface area (Å²) in [5.74, 6) is -0.589. The van der Waals surface area contributed by atoms with Crippen LogP contribution in [0.3, 0.4) is 0 Å². The third-order valence-electron chi connectivity index (χ3n) is 2.84. The van der Waals surface area contributed by atoms with Crippen LogP contribution in [-0.4, -0.2) is 36.5 Å². The van der Waals surface area contributed by atoms with Gasteiger partial charge in [-0.2, -0.15) is 0 Å². The molecule has 110 valence electrons. The van der Waals surface area contributed by atoms with E-state index in [1.807, 2.05) is 13.8 Å². The zero-order chi connectivity index (χ0) is 15.1. The van der Waals surface area contributed by atoms with Crippen LogP contribution in [0.4, 0.5) is 0 Å². The van der Waals surface area contributed by atoms with Gasteiger partial charge in [-0.15, -0.1) is 0 Å². The van der Waals surface area contributed by atoms with Crippen molar-refractivity contribution in [1.82, 2.24) is 4.90 Å². The molecule has 0 unspecified atom stereocenters. The maximum atomic E-state index is 12.5. The maximum Gasteiger partial charge on any atom is 0.325 e. The molecule has 5 heteroatoms. The first-order valence-electron chi connectivity index (χ1n) is 6.70. The summed E-state index contributed by atoms with van der Waals surface area (Å²) in [5, 5.41) is 0.506. The van der Waals surface area contributed by atoms with Crippen molar-refractivity contribution in [1.29, 1.82) is 0 Å². The molecule has 1 amide bonds. The number of rotatable bonds is 6. The topological polar surface area (TPSA) is 46.6 Å². The van der Waals surface area contributed by atoms with E-state index in [1.54, 1.807) is 25.1 Å². The molecule has 1 aromatic rings. The van der Waals surface area contributed by atoms with Crippen LogP contribution in [0.15, 0.2) is 18.2 Å². The number of ether oxygens (including phenoxy) is 1. The zero-order valence-electron chi connectivity index (χ0n) is 12.1. The van der Waals surface area contributed by atoms with Crippen molar-refractivity contribution in [2.24, 2.45) is 0 Å². The molecule has 0 saturated heterocycles. The van der Waals surface area contributed by atoms with Gasteiger partial charge < -0.3 is 9.64 Å². The van der Waals surface area contributed by atoms with Crippen molar-refractivity contribution in [2.75, 3.05) is 19.7 Å². The average molecular weight is 298 g/mol.